The zero-order valence-corrected chi connectivity index (χ0v) is 26.0. The van der Waals surface area contributed by atoms with E-state index in [4.69, 9.17) is 16.8 Å². The van der Waals surface area contributed by atoms with Crippen LogP contribution >= 0.6 is 23.2 Å². The van der Waals surface area contributed by atoms with Gasteiger partial charge in [-0.2, -0.15) is 0 Å². The highest BCUT2D eigenvalue weighted by Crippen LogP contribution is 2.35. The van der Waals surface area contributed by atoms with Gasteiger partial charge in [-0.05, 0) is 63.8 Å². The maximum Gasteiger partial charge on any atom is 0.219 e. The van der Waals surface area contributed by atoms with Gasteiger partial charge in [-0.3, -0.25) is 4.79 Å². The Labute approximate surface area is 251 Å². The summed E-state index contributed by atoms with van der Waals surface area (Å²) >= 11 is 10.2. The Hall–Kier alpha value is -1.71. The number of nitrogens with zero attached hydrogens (tertiary/aromatic N) is 1. The molecule has 40 heavy (non-hydrogen) atoms. The minimum absolute atomic E-state index is 0.179. The minimum atomic E-state index is 0.179. The highest BCUT2D eigenvalue weighted by Gasteiger charge is 2.46. The van der Waals surface area contributed by atoms with E-state index in [-0.39, 0.29) is 11.4 Å². The molecule has 3 heterocycles. The summed E-state index contributed by atoms with van der Waals surface area (Å²) in [6, 6.07) is 22.1. The number of piperidine rings is 1. The number of hydroxylamine groups is 1. The van der Waals surface area contributed by atoms with Crippen molar-refractivity contribution >= 4 is 29.1 Å². The van der Waals surface area contributed by atoms with Gasteiger partial charge in [-0.25, -0.2) is 5.48 Å². The maximum absolute atomic E-state index is 11.1. The third kappa shape index (κ3) is 12.0. The molecule has 3 aliphatic rings. The molecule has 3 aliphatic heterocycles. The average molecular weight is 595 g/mol. The second kappa shape index (κ2) is 18.7. The van der Waals surface area contributed by atoms with Crippen molar-refractivity contribution in [1.82, 2.24) is 26.3 Å². The molecule has 0 radical (unpaired) electrons. The molecule has 2 aromatic rings. The van der Waals surface area contributed by atoms with Crippen molar-refractivity contribution < 1.29 is 10.0 Å². The molecule has 1 amide bonds. The van der Waals surface area contributed by atoms with Gasteiger partial charge < -0.3 is 26.1 Å². The Bertz CT molecular complexity index is 943. The molecule has 7 nitrogen and oxygen atoms in total. The van der Waals surface area contributed by atoms with Gasteiger partial charge >= 0.3 is 0 Å². The lowest BCUT2D eigenvalue weighted by Crippen LogP contribution is -2.44. The van der Waals surface area contributed by atoms with Crippen LogP contribution in [0.25, 0.3) is 0 Å². The average Bonchev–Trinajstić information content (AvgIpc) is 3.49. The summed E-state index contributed by atoms with van der Waals surface area (Å²) in [5.41, 5.74) is 3.89. The molecule has 0 spiro atoms. The fraction of sp³-hybridized carbons (Fsp3) is 0.581. The zero-order valence-electron chi connectivity index (χ0n) is 24.5. The number of alkyl halides is 1. The van der Waals surface area contributed by atoms with Crippen LogP contribution in [-0.2, 0) is 4.79 Å². The number of carbonyl (C=O) groups is 1. The number of rotatable bonds is 6. The van der Waals surface area contributed by atoms with Crippen molar-refractivity contribution in [2.75, 3.05) is 39.1 Å². The van der Waals surface area contributed by atoms with Crippen LogP contribution in [0.5, 0.6) is 0 Å². The van der Waals surface area contributed by atoms with Crippen LogP contribution in [-0.4, -0.2) is 78.8 Å². The minimum Gasteiger partial charge on any atom is -0.343 e. The lowest BCUT2D eigenvalue weighted by molar-refractivity contribution is -0.129. The van der Waals surface area contributed by atoms with Crippen molar-refractivity contribution in [3.8, 4) is 0 Å². The van der Waals surface area contributed by atoms with E-state index in [1.165, 1.54) is 18.4 Å². The fourth-order valence-corrected chi connectivity index (χ4v) is 5.73. The van der Waals surface area contributed by atoms with Gasteiger partial charge in [0.2, 0.25) is 5.91 Å². The van der Waals surface area contributed by atoms with Crippen LogP contribution in [0, 0.1) is 0 Å². The van der Waals surface area contributed by atoms with E-state index in [0.717, 1.165) is 50.5 Å². The topological polar surface area (TPSA) is 88.7 Å². The predicted octanol–water partition coefficient (Wildman–Crippen LogP) is 5.03. The number of amides is 1. The monoisotopic (exact) mass is 593 g/mol. The van der Waals surface area contributed by atoms with Gasteiger partial charge in [0, 0.05) is 74.1 Å². The largest absolute Gasteiger partial charge is 0.343 e. The number of benzene rings is 2. The third-order valence-corrected chi connectivity index (χ3v) is 7.81. The van der Waals surface area contributed by atoms with Gasteiger partial charge in [0.15, 0.2) is 0 Å². The Balaban J connectivity index is 0.000000217. The molecule has 224 valence electrons. The molecule has 0 bridgehead atoms. The van der Waals surface area contributed by atoms with E-state index in [9.17, 15) is 4.79 Å². The van der Waals surface area contributed by atoms with E-state index in [1.54, 1.807) is 6.92 Å². The Morgan fingerprint density at radius 3 is 2.15 bits per heavy atom. The number of halogens is 2. The fourth-order valence-electron chi connectivity index (χ4n) is 5.59. The number of hydrogen-bond acceptors (Lipinski definition) is 6. The van der Waals surface area contributed by atoms with Crippen molar-refractivity contribution in [3.05, 3.63) is 71.2 Å². The summed E-state index contributed by atoms with van der Waals surface area (Å²) in [4.78, 5) is 13.0. The lowest BCUT2D eigenvalue weighted by atomic mass is 9.92. The molecular formula is C31H49Cl2N5O2. The summed E-state index contributed by atoms with van der Waals surface area (Å²) in [5, 5.41) is 20.0. The van der Waals surface area contributed by atoms with E-state index in [1.807, 2.05) is 35.2 Å². The van der Waals surface area contributed by atoms with Gasteiger partial charge in [0.05, 0.1) is 0 Å². The molecule has 2 aromatic carbocycles. The van der Waals surface area contributed by atoms with Gasteiger partial charge in [-0.15, -0.1) is 11.6 Å². The Morgan fingerprint density at radius 2 is 1.62 bits per heavy atom. The standard InChI is InChI=1S/C14H20N2.C10H21N3O2.C6H5Cl.CH3Cl/c1-14(2)8-12-13(16-14)11(9-15-12)10-6-4-3-5-7-10;1-9(14)13-7-3-10(4-8-13)11-5-2-6-12-15;7-6-4-2-1-3-5-6;1-2/h3-7,11-13,15-16H,8-9H2,1-2H3;10-12,15H,2-8H2,1H3;1-5H;1H3. The van der Waals surface area contributed by atoms with E-state index in [2.05, 4.69) is 77.2 Å². The highest BCUT2D eigenvalue weighted by molar-refractivity contribution is 6.30. The van der Waals surface area contributed by atoms with Gasteiger partial charge in [0.25, 0.3) is 0 Å². The van der Waals surface area contributed by atoms with Crippen molar-refractivity contribution in [1.29, 1.82) is 0 Å². The molecule has 5 N–H and O–H groups in total. The first-order valence-corrected chi connectivity index (χ1v) is 15.4. The molecule has 3 fully saturated rings. The van der Waals surface area contributed by atoms with Crippen molar-refractivity contribution in [2.45, 2.75) is 76.0 Å². The maximum atomic E-state index is 11.1. The van der Waals surface area contributed by atoms with Crippen molar-refractivity contribution in [3.63, 3.8) is 0 Å². The van der Waals surface area contributed by atoms with E-state index in [0.29, 0.717) is 30.6 Å². The van der Waals surface area contributed by atoms with Crippen LogP contribution < -0.4 is 21.4 Å². The van der Waals surface area contributed by atoms with Crippen LogP contribution in [0.1, 0.15) is 57.9 Å². The van der Waals surface area contributed by atoms with Crippen molar-refractivity contribution in [2.24, 2.45) is 0 Å². The quantitative estimate of drug-likeness (QED) is 0.183. The summed E-state index contributed by atoms with van der Waals surface area (Å²) in [6.45, 7) is 10.6. The first kappa shape index (κ1) is 34.5. The summed E-state index contributed by atoms with van der Waals surface area (Å²) in [7, 11) is 0. The summed E-state index contributed by atoms with van der Waals surface area (Å²) in [6.07, 6.45) is 5.70. The lowest BCUT2D eigenvalue weighted by Gasteiger charge is -2.31. The zero-order chi connectivity index (χ0) is 29.4. The third-order valence-electron chi connectivity index (χ3n) is 7.55. The van der Waals surface area contributed by atoms with Crippen LogP contribution in [0.2, 0.25) is 5.02 Å². The van der Waals surface area contributed by atoms with Crippen LogP contribution in [0.4, 0.5) is 0 Å². The number of likely N-dealkylation sites (tertiary alicyclic amines) is 1. The second-order valence-electron chi connectivity index (χ2n) is 11.1. The summed E-state index contributed by atoms with van der Waals surface area (Å²) in [5.74, 6) is 0.811. The van der Waals surface area contributed by atoms with Crippen LogP contribution in [0.15, 0.2) is 60.7 Å². The van der Waals surface area contributed by atoms with Gasteiger partial charge in [0.1, 0.15) is 0 Å². The summed E-state index contributed by atoms with van der Waals surface area (Å²) < 4.78 is 0. The molecule has 3 unspecified atom stereocenters. The molecule has 5 rings (SSSR count). The van der Waals surface area contributed by atoms with Gasteiger partial charge in [-0.1, -0.05) is 60.1 Å². The Kier molecular flexibility index (Phi) is 16.1. The predicted molar refractivity (Wildman–Crippen MR) is 168 cm³/mol. The number of nitrogens with one attached hydrogen (secondary N) is 4. The van der Waals surface area contributed by atoms with E-state index < -0.39 is 0 Å². The molecule has 9 heteroatoms. The van der Waals surface area contributed by atoms with Crippen LogP contribution in [0.3, 0.4) is 0 Å². The molecular weight excluding hydrogens is 545 g/mol. The second-order valence-corrected chi connectivity index (χ2v) is 11.5. The number of hydrogen-bond donors (Lipinski definition) is 5. The van der Waals surface area contributed by atoms with E-state index >= 15 is 0 Å². The normalized spacial score (nSPS) is 23.0. The molecule has 0 saturated carbocycles. The number of fused-ring (bicyclic) bond motifs is 1. The Morgan fingerprint density at radius 1 is 1.02 bits per heavy atom. The first-order valence-electron chi connectivity index (χ1n) is 14.3. The molecule has 0 aromatic heterocycles. The molecule has 3 saturated heterocycles. The SMILES string of the molecule is CC(=O)N1CCC(NCCCNO)CC1.CC1(C)CC2NCC(c3ccccc3)C2N1.CCl.Clc1ccccc1. The molecule has 3 atom stereocenters. The first-order chi connectivity index (χ1) is 19.3. The molecule has 0 aliphatic carbocycles. The highest BCUT2D eigenvalue weighted by atomic mass is 35.5. The smallest absolute Gasteiger partial charge is 0.219 e. The number of carbonyl (C=O) groups excluding carboxylic acids is 1.